The number of aryl methyl sites for hydroxylation is 2. The average Bonchev–Trinajstić information content (AvgIpc) is 3.37. The van der Waals surface area contributed by atoms with Crippen molar-refractivity contribution in [2.24, 2.45) is 0 Å². The Morgan fingerprint density at radius 2 is 1.86 bits per heavy atom. The highest BCUT2D eigenvalue weighted by atomic mass is 16.5. The summed E-state index contributed by atoms with van der Waals surface area (Å²) >= 11 is 0. The van der Waals surface area contributed by atoms with Gasteiger partial charge in [-0.2, -0.15) is 0 Å². The van der Waals surface area contributed by atoms with Gasteiger partial charge in [0.25, 0.3) is 0 Å². The van der Waals surface area contributed by atoms with Gasteiger partial charge in [0.05, 0.1) is 11.4 Å². The number of nitrogens with one attached hydrogen (secondary N) is 2. The molecule has 0 bridgehead atoms. The fourth-order valence-corrected chi connectivity index (χ4v) is 4.01. The quantitative estimate of drug-likeness (QED) is 0.295. The summed E-state index contributed by atoms with van der Waals surface area (Å²) in [5.41, 5.74) is 11.0. The first-order valence-corrected chi connectivity index (χ1v) is 12.0. The van der Waals surface area contributed by atoms with Crippen LogP contribution < -0.4 is 21.1 Å². The van der Waals surface area contributed by atoms with Crippen LogP contribution >= 0.6 is 0 Å². The lowest BCUT2D eigenvalue weighted by molar-refractivity contribution is -0.111. The molecule has 1 aromatic heterocycles. The number of amides is 1. The lowest BCUT2D eigenvalue weighted by Gasteiger charge is -2.15. The van der Waals surface area contributed by atoms with Crippen molar-refractivity contribution in [1.82, 2.24) is 9.88 Å². The Morgan fingerprint density at radius 1 is 1.11 bits per heavy atom. The molecule has 35 heavy (non-hydrogen) atoms. The van der Waals surface area contributed by atoms with Crippen LogP contribution in [-0.2, 0) is 4.79 Å². The number of nitrogen functional groups attached to an aromatic ring is 1. The van der Waals surface area contributed by atoms with Gasteiger partial charge in [-0.1, -0.05) is 0 Å². The lowest BCUT2D eigenvalue weighted by Crippen LogP contribution is -2.25. The fourth-order valence-electron chi connectivity index (χ4n) is 4.01. The van der Waals surface area contributed by atoms with E-state index in [0.717, 1.165) is 34.7 Å². The molecule has 1 amide bonds. The third-order valence-corrected chi connectivity index (χ3v) is 6.17. The molecule has 2 heterocycles. The van der Waals surface area contributed by atoms with Crippen molar-refractivity contribution < 1.29 is 9.53 Å². The molecule has 7 heteroatoms. The maximum atomic E-state index is 12.5. The van der Waals surface area contributed by atoms with Gasteiger partial charge in [-0.3, -0.25) is 9.69 Å². The van der Waals surface area contributed by atoms with Crippen LogP contribution in [0, 0.1) is 13.8 Å². The normalized spacial score (nSPS) is 13.8. The second kappa shape index (κ2) is 11.5. The van der Waals surface area contributed by atoms with Crippen molar-refractivity contribution in [2.75, 3.05) is 42.6 Å². The van der Waals surface area contributed by atoms with E-state index < -0.39 is 0 Å². The number of anilines is 4. The Morgan fingerprint density at radius 3 is 2.63 bits per heavy atom. The van der Waals surface area contributed by atoms with Gasteiger partial charge in [0.2, 0.25) is 5.91 Å². The number of aromatic nitrogens is 1. The highest BCUT2D eigenvalue weighted by molar-refractivity contribution is 6.04. The van der Waals surface area contributed by atoms with Crippen LogP contribution in [0.3, 0.4) is 0 Å². The molecule has 0 saturated carbocycles. The number of nitrogens with two attached hydrogens (primary N) is 1. The molecule has 182 valence electrons. The molecule has 0 aliphatic carbocycles. The van der Waals surface area contributed by atoms with Crippen molar-refractivity contribution in [1.29, 1.82) is 0 Å². The predicted octanol–water partition coefficient (Wildman–Crippen LogP) is 5.15. The van der Waals surface area contributed by atoms with Crippen LogP contribution in [0.4, 0.5) is 22.9 Å². The number of carbonyl (C=O) groups excluding carboxylic acids is 1. The number of likely N-dealkylation sites (tertiary alicyclic amines) is 1. The van der Waals surface area contributed by atoms with Gasteiger partial charge in [-0.15, -0.1) is 0 Å². The Kier molecular flexibility index (Phi) is 8.00. The second-order valence-corrected chi connectivity index (χ2v) is 8.83. The third-order valence-electron chi connectivity index (χ3n) is 6.17. The van der Waals surface area contributed by atoms with E-state index >= 15 is 0 Å². The van der Waals surface area contributed by atoms with Gasteiger partial charge in [0.15, 0.2) is 0 Å². The Labute approximate surface area is 207 Å². The SMILES string of the molecule is Cc1cc(N)c(NC(=O)/C=C/c2cccnc2Nc2ccc(OCCN3CCCC3)cc2)cc1C. The molecule has 1 saturated heterocycles. The number of carbonyl (C=O) groups is 1. The number of ether oxygens (including phenoxy) is 1. The summed E-state index contributed by atoms with van der Waals surface area (Å²) in [6.45, 7) is 7.99. The summed E-state index contributed by atoms with van der Waals surface area (Å²) in [6.07, 6.45) is 7.50. The summed E-state index contributed by atoms with van der Waals surface area (Å²) < 4.78 is 5.88. The predicted molar refractivity (Wildman–Crippen MR) is 143 cm³/mol. The molecule has 1 aliphatic rings. The topological polar surface area (TPSA) is 92.5 Å². The van der Waals surface area contributed by atoms with Crippen LogP contribution in [0.2, 0.25) is 0 Å². The molecule has 0 unspecified atom stereocenters. The summed E-state index contributed by atoms with van der Waals surface area (Å²) in [4.78, 5) is 19.4. The Balaban J connectivity index is 1.35. The van der Waals surface area contributed by atoms with Gasteiger partial charge in [0, 0.05) is 30.1 Å². The first-order chi connectivity index (χ1) is 17.0. The highest BCUT2D eigenvalue weighted by Crippen LogP contribution is 2.24. The van der Waals surface area contributed by atoms with E-state index in [2.05, 4.69) is 20.5 Å². The molecule has 1 aliphatic heterocycles. The largest absolute Gasteiger partial charge is 0.492 e. The van der Waals surface area contributed by atoms with Gasteiger partial charge < -0.3 is 21.1 Å². The van der Waals surface area contributed by atoms with E-state index in [-0.39, 0.29) is 5.91 Å². The van der Waals surface area contributed by atoms with E-state index in [1.54, 1.807) is 12.3 Å². The van der Waals surface area contributed by atoms with Gasteiger partial charge >= 0.3 is 0 Å². The monoisotopic (exact) mass is 471 g/mol. The molecule has 4 rings (SSSR count). The molecule has 0 spiro atoms. The number of benzene rings is 2. The Hall–Kier alpha value is -3.84. The molecular formula is C28H33N5O2. The average molecular weight is 472 g/mol. The van der Waals surface area contributed by atoms with Crippen LogP contribution in [0.5, 0.6) is 5.75 Å². The number of pyridine rings is 1. The van der Waals surface area contributed by atoms with E-state index in [1.807, 2.05) is 62.4 Å². The molecular weight excluding hydrogens is 438 g/mol. The zero-order valence-corrected chi connectivity index (χ0v) is 20.4. The minimum atomic E-state index is -0.259. The third kappa shape index (κ3) is 6.83. The standard InChI is InChI=1S/C28H33N5O2/c1-20-18-25(29)26(19-21(20)2)32-27(34)12-7-22-6-5-13-30-28(22)31-23-8-10-24(11-9-23)35-17-16-33-14-3-4-15-33/h5-13,18-19H,3-4,14-17,29H2,1-2H3,(H,30,31)(H,32,34)/b12-7+. The zero-order valence-electron chi connectivity index (χ0n) is 20.4. The van der Waals surface area contributed by atoms with Crippen LogP contribution in [0.15, 0.2) is 60.8 Å². The first-order valence-electron chi connectivity index (χ1n) is 12.0. The number of nitrogens with zero attached hydrogens (tertiary/aromatic N) is 2. The van der Waals surface area contributed by atoms with Gasteiger partial charge in [-0.05, 0) is 106 Å². The van der Waals surface area contributed by atoms with E-state index in [0.29, 0.717) is 23.8 Å². The Bertz CT molecular complexity index is 1180. The minimum absolute atomic E-state index is 0.259. The number of hydrogen-bond acceptors (Lipinski definition) is 6. The summed E-state index contributed by atoms with van der Waals surface area (Å²) in [7, 11) is 0. The zero-order chi connectivity index (χ0) is 24.6. The number of hydrogen-bond donors (Lipinski definition) is 3. The van der Waals surface area contributed by atoms with Gasteiger partial charge in [-0.25, -0.2) is 4.98 Å². The van der Waals surface area contributed by atoms with Crippen LogP contribution in [0.25, 0.3) is 6.08 Å². The maximum Gasteiger partial charge on any atom is 0.248 e. The smallest absolute Gasteiger partial charge is 0.248 e. The second-order valence-electron chi connectivity index (χ2n) is 8.83. The molecule has 2 aromatic carbocycles. The molecule has 0 atom stereocenters. The summed E-state index contributed by atoms with van der Waals surface area (Å²) in [5.74, 6) is 1.24. The molecule has 3 aromatic rings. The molecule has 7 nitrogen and oxygen atoms in total. The van der Waals surface area contributed by atoms with Crippen molar-refractivity contribution in [3.63, 3.8) is 0 Å². The molecule has 1 fully saturated rings. The first kappa shape index (κ1) is 24.3. The van der Waals surface area contributed by atoms with Crippen molar-refractivity contribution in [3.05, 3.63) is 77.5 Å². The highest BCUT2D eigenvalue weighted by Gasteiger charge is 2.11. The summed E-state index contributed by atoms with van der Waals surface area (Å²) in [6, 6.07) is 15.3. The minimum Gasteiger partial charge on any atom is -0.492 e. The van der Waals surface area contributed by atoms with E-state index in [1.165, 1.54) is 32.0 Å². The van der Waals surface area contributed by atoms with Gasteiger partial charge in [0.1, 0.15) is 18.2 Å². The fraction of sp³-hybridized carbons (Fsp3) is 0.286. The van der Waals surface area contributed by atoms with Crippen molar-refractivity contribution >= 4 is 34.9 Å². The number of rotatable bonds is 9. The van der Waals surface area contributed by atoms with Crippen molar-refractivity contribution in [3.8, 4) is 5.75 Å². The van der Waals surface area contributed by atoms with Crippen molar-refractivity contribution in [2.45, 2.75) is 26.7 Å². The van der Waals surface area contributed by atoms with E-state index in [9.17, 15) is 4.79 Å². The maximum absolute atomic E-state index is 12.5. The van der Waals surface area contributed by atoms with Crippen LogP contribution in [0.1, 0.15) is 29.5 Å². The van der Waals surface area contributed by atoms with Crippen LogP contribution in [-0.4, -0.2) is 42.0 Å². The summed E-state index contributed by atoms with van der Waals surface area (Å²) in [5, 5.41) is 6.17. The van der Waals surface area contributed by atoms with E-state index in [4.69, 9.17) is 10.5 Å². The molecule has 0 radical (unpaired) electrons. The lowest BCUT2D eigenvalue weighted by atomic mass is 10.1. The molecule has 4 N–H and O–H groups in total.